The van der Waals surface area contributed by atoms with E-state index in [2.05, 4.69) is 34.1 Å². The third-order valence-corrected chi connectivity index (χ3v) is 2.67. The van der Waals surface area contributed by atoms with Crippen LogP contribution in [-0.2, 0) is 13.5 Å². The van der Waals surface area contributed by atoms with E-state index in [1.807, 2.05) is 7.05 Å². The lowest BCUT2D eigenvalue weighted by molar-refractivity contribution is 0.302. The van der Waals surface area contributed by atoms with Gasteiger partial charge in [-0.1, -0.05) is 13.8 Å². The molecule has 1 heterocycles. The Morgan fingerprint density at radius 2 is 2.06 bits per heavy atom. The standard InChI is InChI=1S/C11H23N5/c1-4-16(5-2)9-8-12-7-6-11-13-10-15(3)14-11/h10,12H,4-9H2,1-3H3. The van der Waals surface area contributed by atoms with Crippen molar-refractivity contribution in [3.8, 4) is 0 Å². The molecule has 0 bridgehead atoms. The van der Waals surface area contributed by atoms with Crippen LogP contribution in [0.15, 0.2) is 6.33 Å². The van der Waals surface area contributed by atoms with Crippen LogP contribution in [-0.4, -0.2) is 52.4 Å². The van der Waals surface area contributed by atoms with Crippen molar-refractivity contribution >= 4 is 0 Å². The maximum atomic E-state index is 4.23. The predicted octanol–water partition coefficient (Wildman–Crippen LogP) is 0.289. The highest BCUT2D eigenvalue weighted by Gasteiger charge is 1.99. The number of nitrogens with zero attached hydrogens (tertiary/aromatic N) is 4. The molecule has 0 aromatic carbocycles. The van der Waals surface area contributed by atoms with Crippen LogP contribution in [0.3, 0.4) is 0 Å². The van der Waals surface area contributed by atoms with Gasteiger partial charge in [-0.05, 0) is 13.1 Å². The molecule has 1 N–H and O–H groups in total. The maximum absolute atomic E-state index is 4.23. The zero-order chi connectivity index (χ0) is 11.8. The quantitative estimate of drug-likeness (QED) is 0.646. The number of likely N-dealkylation sites (N-methyl/N-ethyl adjacent to an activating group) is 1. The number of aryl methyl sites for hydroxylation is 1. The van der Waals surface area contributed by atoms with E-state index in [1.54, 1.807) is 11.0 Å². The van der Waals surface area contributed by atoms with Crippen LogP contribution in [0.2, 0.25) is 0 Å². The summed E-state index contributed by atoms with van der Waals surface area (Å²) in [6.45, 7) is 9.74. The Morgan fingerprint density at radius 3 is 2.62 bits per heavy atom. The lowest BCUT2D eigenvalue weighted by Crippen LogP contribution is -2.32. The number of aromatic nitrogens is 3. The second-order valence-corrected chi connectivity index (χ2v) is 3.86. The molecule has 1 aromatic rings. The fourth-order valence-corrected chi connectivity index (χ4v) is 1.60. The van der Waals surface area contributed by atoms with E-state index in [1.165, 1.54) is 0 Å². The Morgan fingerprint density at radius 1 is 1.31 bits per heavy atom. The van der Waals surface area contributed by atoms with Gasteiger partial charge in [-0.3, -0.25) is 4.68 Å². The molecule has 1 rings (SSSR count). The van der Waals surface area contributed by atoms with Crippen LogP contribution in [0.25, 0.3) is 0 Å². The lowest BCUT2D eigenvalue weighted by atomic mass is 10.4. The minimum atomic E-state index is 0.902. The zero-order valence-electron chi connectivity index (χ0n) is 10.6. The third kappa shape index (κ3) is 4.72. The highest BCUT2D eigenvalue weighted by Crippen LogP contribution is 1.88. The van der Waals surface area contributed by atoms with Gasteiger partial charge in [0.05, 0.1) is 0 Å². The molecule has 5 heteroatoms. The van der Waals surface area contributed by atoms with Gasteiger partial charge in [0.1, 0.15) is 6.33 Å². The van der Waals surface area contributed by atoms with E-state index in [-0.39, 0.29) is 0 Å². The molecule has 0 saturated heterocycles. The van der Waals surface area contributed by atoms with Gasteiger partial charge in [0.25, 0.3) is 0 Å². The Labute approximate surface area is 97.9 Å². The molecule has 0 spiro atoms. The van der Waals surface area contributed by atoms with E-state index in [0.717, 1.165) is 45.0 Å². The largest absolute Gasteiger partial charge is 0.315 e. The highest BCUT2D eigenvalue weighted by atomic mass is 15.3. The SMILES string of the molecule is CCN(CC)CCNCCc1ncn(C)n1. The molecule has 0 aliphatic carbocycles. The first-order chi connectivity index (χ1) is 7.76. The molecule has 0 atom stereocenters. The summed E-state index contributed by atoms with van der Waals surface area (Å²) in [5, 5.41) is 7.64. The molecule has 0 aliphatic heterocycles. The molecule has 0 fully saturated rings. The fourth-order valence-electron chi connectivity index (χ4n) is 1.60. The Balaban J connectivity index is 2.04. The first-order valence-corrected chi connectivity index (χ1v) is 6.03. The summed E-state index contributed by atoms with van der Waals surface area (Å²) in [5.41, 5.74) is 0. The van der Waals surface area contributed by atoms with Crippen LogP contribution in [0, 0.1) is 0 Å². The average Bonchev–Trinajstić information content (AvgIpc) is 2.70. The average molecular weight is 225 g/mol. The number of hydrogen-bond donors (Lipinski definition) is 1. The van der Waals surface area contributed by atoms with Crippen molar-refractivity contribution in [1.29, 1.82) is 0 Å². The molecule has 92 valence electrons. The summed E-state index contributed by atoms with van der Waals surface area (Å²) in [7, 11) is 1.89. The molecular weight excluding hydrogens is 202 g/mol. The topological polar surface area (TPSA) is 46.0 Å². The normalized spacial score (nSPS) is 11.2. The minimum Gasteiger partial charge on any atom is -0.315 e. The maximum Gasteiger partial charge on any atom is 0.151 e. The predicted molar refractivity (Wildman–Crippen MR) is 65.4 cm³/mol. The van der Waals surface area contributed by atoms with Crippen LogP contribution in [0.4, 0.5) is 0 Å². The smallest absolute Gasteiger partial charge is 0.151 e. The summed E-state index contributed by atoms with van der Waals surface area (Å²) in [4.78, 5) is 6.59. The zero-order valence-corrected chi connectivity index (χ0v) is 10.6. The van der Waals surface area contributed by atoms with Crippen molar-refractivity contribution in [1.82, 2.24) is 25.0 Å². The van der Waals surface area contributed by atoms with Gasteiger partial charge in [0.15, 0.2) is 5.82 Å². The van der Waals surface area contributed by atoms with Crippen molar-refractivity contribution < 1.29 is 0 Å². The van der Waals surface area contributed by atoms with Crippen molar-refractivity contribution in [3.05, 3.63) is 12.2 Å². The van der Waals surface area contributed by atoms with Gasteiger partial charge in [0, 0.05) is 33.1 Å². The van der Waals surface area contributed by atoms with Crippen LogP contribution >= 0.6 is 0 Å². The second-order valence-electron chi connectivity index (χ2n) is 3.86. The van der Waals surface area contributed by atoms with E-state index in [9.17, 15) is 0 Å². The van der Waals surface area contributed by atoms with Crippen molar-refractivity contribution in [3.63, 3.8) is 0 Å². The monoisotopic (exact) mass is 225 g/mol. The van der Waals surface area contributed by atoms with Crippen molar-refractivity contribution in [2.75, 3.05) is 32.7 Å². The first kappa shape index (κ1) is 13.1. The summed E-state index contributed by atoms with van der Waals surface area (Å²) < 4.78 is 1.74. The molecule has 0 amide bonds. The number of hydrogen-bond acceptors (Lipinski definition) is 4. The molecule has 0 saturated carbocycles. The van der Waals surface area contributed by atoms with Crippen LogP contribution < -0.4 is 5.32 Å². The molecule has 1 aromatic heterocycles. The molecular formula is C11H23N5. The van der Waals surface area contributed by atoms with E-state index in [4.69, 9.17) is 0 Å². The molecule has 0 radical (unpaired) electrons. The first-order valence-electron chi connectivity index (χ1n) is 6.03. The van der Waals surface area contributed by atoms with Crippen LogP contribution in [0.1, 0.15) is 19.7 Å². The van der Waals surface area contributed by atoms with Gasteiger partial charge < -0.3 is 10.2 Å². The number of nitrogens with one attached hydrogen (secondary N) is 1. The Kier molecular flexibility index (Phi) is 6.03. The van der Waals surface area contributed by atoms with Crippen molar-refractivity contribution in [2.45, 2.75) is 20.3 Å². The Bertz CT molecular complexity index is 280. The van der Waals surface area contributed by atoms with Gasteiger partial charge in [-0.2, -0.15) is 5.10 Å². The van der Waals surface area contributed by atoms with Gasteiger partial charge >= 0.3 is 0 Å². The lowest BCUT2D eigenvalue weighted by Gasteiger charge is -2.17. The molecule has 0 unspecified atom stereocenters. The van der Waals surface area contributed by atoms with Gasteiger partial charge in [-0.15, -0.1) is 0 Å². The molecule has 0 aliphatic rings. The van der Waals surface area contributed by atoms with E-state index < -0.39 is 0 Å². The summed E-state index contributed by atoms with van der Waals surface area (Å²) in [5.74, 6) is 0.915. The summed E-state index contributed by atoms with van der Waals surface area (Å²) >= 11 is 0. The number of rotatable bonds is 8. The molecule has 16 heavy (non-hydrogen) atoms. The summed E-state index contributed by atoms with van der Waals surface area (Å²) in [6, 6.07) is 0. The second kappa shape index (κ2) is 7.35. The summed E-state index contributed by atoms with van der Waals surface area (Å²) in [6.07, 6.45) is 2.64. The van der Waals surface area contributed by atoms with Gasteiger partial charge in [0.2, 0.25) is 0 Å². The van der Waals surface area contributed by atoms with Crippen LogP contribution in [0.5, 0.6) is 0 Å². The van der Waals surface area contributed by atoms with Crippen molar-refractivity contribution in [2.24, 2.45) is 7.05 Å². The third-order valence-electron chi connectivity index (χ3n) is 2.67. The minimum absolute atomic E-state index is 0.902. The Hall–Kier alpha value is -0.940. The van der Waals surface area contributed by atoms with Gasteiger partial charge in [-0.25, -0.2) is 4.98 Å². The fraction of sp³-hybridized carbons (Fsp3) is 0.818. The highest BCUT2D eigenvalue weighted by molar-refractivity contribution is 4.81. The van der Waals surface area contributed by atoms with E-state index in [0.29, 0.717) is 0 Å². The molecule has 5 nitrogen and oxygen atoms in total. The van der Waals surface area contributed by atoms with E-state index >= 15 is 0 Å².